The van der Waals surface area contributed by atoms with Gasteiger partial charge in [-0.3, -0.25) is 0 Å². The molecule has 1 aromatic carbocycles. The largest absolute Gasteiger partial charge is 0.463 e. The van der Waals surface area contributed by atoms with Gasteiger partial charge in [-0.05, 0) is 41.9 Å². The van der Waals surface area contributed by atoms with E-state index in [2.05, 4.69) is 9.97 Å². The number of nitrogens with zero attached hydrogens (tertiary/aromatic N) is 2. The summed E-state index contributed by atoms with van der Waals surface area (Å²) in [6.45, 7) is 0. The van der Waals surface area contributed by atoms with E-state index in [1.807, 2.05) is 18.2 Å². The van der Waals surface area contributed by atoms with Crippen molar-refractivity contribution in [1.29, 1.82) is 0 Å². The number of hydrogen-bond acceptors (Lipinski definition) is 4. The van der Waals surface area contributed by atoms with Gasteiger partial charge in [0.1, 0.15) is 5.69 Å². The molecule has 0 bridgehead atoms. The highest BCUT2D eigenvalue weighted by molar-refractivity contribution is 6.28. The maximum atomic E-state index is 5.89. The van der Waals surface area contributed by atoms with Gasteiger partial charge in [0.25, 0.3) is 0 Å². The normalized spacial score (nSPS) is 10.9. The minimum atomic E-state index is 0.189. The third-order valence-electron chi connectivity index (χ3n) is 2.45. The Labute approximate surface area is 102 Å². The van der Waals surface area contributed by atoms with E-state index in [4.69, 9.17) is 21.8 Å². The van der Waals surface area contributed by atoms with E-state index in [9.17, 15) is 0 Å². The summed E-state index contributed by atoms with van der Waals surface area (Å²) in [6.07, 6.45) is 1.59. The number of halogens is 1. The highest BCUT2D eigenvalue weighted by Crippen LogP contribution is 2.28. The van der Waals surface area contributed by atoms with Crippen molar-refractivity contribution in [2.75, 3.05) is 5.73 Å². The minimum absolute atomic E-state index is 0.189. The molecule has 0 aliphatic carbocycles. The Bertz CT molecular complexity index is 680. The van der Waals surface area contributed by atoms with Crippen molar-refractivity contribution in [1.82, 2.24) is 9.97 Å². The molecule has 0 amide bonds. The molecule has 3 rings (SSSR count). The van der Waals surface area contributed by atoms with Gasteiger partial charge < -0.3 is 10.2 Å². The maximum absolute atomic E-state index is 5.89. The van der Waals surface area contributed by atoms with Crippen molar-refractivity contribution in [3.63, 3.8) is 0 Å². The summed E-state index contributed by atoms with van der Waals surface area (Å²) in [6, 6.07) is 9.01. The summed E-state index contributed by atoms with van der Waals surface area (Å²) in [7, 11) is 0. The molecule has 2 aromatic heterocycles. The molecule has 0 saturated heterocycles. The predicted molar refractivity (Wildman–Crippen MR) is 66.7 cm³/mol. The Morgan fingerprint density at radius 3 is 2.82 bits per heavy atom. The van der Waals surface area contributed by atoms with Crippen LogP contribution in [0.3, 0.4) is 0 Å². The Morgan fingerprint density at radius 1 is 1.18 bits per heavy atom. The zero-order valence-electron chi connectivity index (χ0n) is 8.72. The zero-order chi connectivity index (χ0) is 11.8. The van der Waals surface area contributed by atoms with Crippen molar-refractivity contribution in [2.45, 2.75) is 0 Å². The molecule has 4 nitrogen and oxygen atoms in total. The first-order chi connectivity index (χ1) is 8.24. The van der Waals surface area contributed by atoms with Crippen LogP contribution in [0, 0.1) is 0 Å². The second-order valence-corrected chi connectivity index (χ2v) is 3.93. The van der Waals surface area contributed by atoms with Gasteiger partial charge >= 0.3 is 0 Å². The van der Waals surface area contributed by atoms with Crippen molar-refractivity contribution in [2.24, 2.45) is 0 Å². The Hall–Kier alpha value is -2.07. The van der Waals surface area contributed by atoms with Crippen LogP contribution < -0.4 is 5.73 Å². The fourth-order valence-corrected chi connectivity index (χ4v) is 1.89. The first-order valence-corrected chi connectivity index (χ1v) is 5.38. The van der Waals surface area contributed by atoms with E-state index in [0.29, 0.717) is 17.1 Å². The third-order valence-corrected chi connectivity index (χ3v) is 2.62. The quantitative estimate of drug-likeness (QED) is 0.528. The summed E-state index contributed by atoms with van der Waals surface area (Å²) >= 11 is 5.89. The summed E-state index contributed by atoms with van der Waals surface area (Å²) < 4.78 is 5.33. The first-order valence-electron chi connectivity index (χ1n) is 5.01. The molecule has 3 aromatic rings. The van der Waals surface area contributed by atoms with Gasteiger partial charge in [-0.2, -0.15) is 0 Å². The fraction of sp³-hybridized carbons (Fsp3) is 0. The predicted octanol–water partition coefficient (Wildman–Crippen LogP) is 3.13. The lowest BCUT2D eigenvalue weighted by Gasteiger charge is -2.04. The smallest absolute Gasteiger partial charge is 0.223 e. The van der Waals surface area contributed by atoms with E-state index in [0.717, 1.165) is 10.9 Å². The first kappa shape index (κ1) is 10.1. The average Bonchev–Trinajstić information content (AvgIpc) is 2.82. The standard InChI is InChI=1S/C12H8ClN3O/c13-12-15-9-4-3-7(14)6-8(9)11(16-12)10-2-1-5-17-10/h1-6H,14H2. The number of furan rings is 1. The van der Waals surface area contributed by atoms with Crippen LogP contribution in [0.5, 0.6) is 0 Å². The number of rotatable bonds is 1. The molecular formula is C12H8ClN3O. The molecule has 2 N–H and O–H groups in total. The Morgan fingerprint density at radius 2 is 2.06 bits per heavy atom. The lowest BCUT2D eigenvalue weighted by atomic mass is 10.1. The molecule has 17 heavy (non-hydrogen) atoms. The van der Waals surface area contributed by atoms with Gasteiger partial charge in [-0.1, -0.05) is 0 Å². The topological polar surface area (TPSA) is 64.9 Å². The van der Waals surface area contributed by atoms with Crippen LogP contribution in [0.15, 0.2) is 41.0 Å². The van der Waals surface area contributed by atoms with Crippen LogP contribution in [0.1, 0.15) is 0 Å². The van der Waals surface area contributed by atoms with Gasteiger partial charge in [-0.25, -0.2) is 9.97 Å². The van der Waals surface area contributed by atoms with Crippen LogP contribution in [0.2, 0.25) is 5.28 Å². The highest BCUT2D eigenvalue weighted by Gasteiger charge is 2.11. The average molecular weight is 246 g/mol. The van der Waals surface area contributed by atoms with Crippen LogP contribution in [-0.4, -0.2) is 9.97 Å². The minimum Gasteiger partial charge on any atom is -0.463 e. The SMILES string of the molecule is Nc1ccc2nc(Cl)nc(-c3ccco3)c2c1. The van der Waals surface area contributed by atoms with Crippen molar-refractivity contribution < 1.29 is 4.42 Å². The van der Waals surface area contributed by atoms with Crippen molar-refractivity contribution in [3.8, 4) is 11.5 Å². The number of nitrogens with two attached hydrogens (primary N) is 1. The molecular weight excluding hydrogens is 238 g/mol. The summed E-state index contributed by atoms with van der Waals surface area (Å²) in [4.78, 5) is 8.33. The highest BCUT2D eigenvalue weighted by atomic mass is 35.5. The molecule has 0 radical (unpaired) electrons. The second-order valence-electron chi connectivity index (χ2n) is 3.60. The number of anilines is 1. The van der Waals surface area contributed by atoms with Gasteiger partial charge in [0.05, 0.1) is 11.8 Å². The number of benzene rings is 1. The summed E-state index contributed by atoms with van der Waals surface area (Å²) in [5.41, 5.74) is 7.81. The molecule has 5 heteroatoms. The van der Waals surface area contributed by atoms with Crippen LogP contribution >= 0.6 is 11.6 Å². The monoisotopic (exact) mass is 245 g/mol. The molecule has 0 atom stereocenters. The summed E-state index contributed by atoms with van der Waals surface area (Å²) in [5.74, 6) is 0.643. The van der Waals surface area contributed by atoms with Gasteiger partial charge in [0.15, 0.2) is 5.76 Å². The molecule has 0 unspecified atom stereocenters. The number of fused-ring (bicyclic) bond motifs is 1. The molecule has 2 heterocycles. The van der Waals surface area contributed by atoms with Gasteiger partial charge in [-0.15, -0.1) is 0 Å². The van der Waals surface area contributed by atoms with E-state index >= 15 is 0 Å². The lowest BCUT2D eigenvalue weighted by molar-refractivity contribution is 0.580. The molecule has 0 aliphatic rings. The van der Waals surface area contributed by atoms with Crippen LogP contribution in [0.4, 0.5) is 5.69 Å². The van der Waals surface area contributed by atoms with Crippen molar-refractivity contribution in [3.05, 3.63) is 41.9 Å². The van der Waals surface area contributed by atoms with Crippen molar-refractivity contribution >= 4 is 28.2 Å². The second kappa shape index (κ2) is 3.75. The van der Waals surface area contributed by atoms with E-state index in [-0.39, 0.29) is 5.28 Å². The van der Waals surface area contributed by atoms with Gasteiger partial charge in [0, 0.05) is 11.1 Å². The Balaban J connectivity index is 2.39. The van der Waals surface area contributed by atoms with Crippen LogP contribution in [-0.2, 0) is 0 Å². The number of aromatic nitrogens is 2. The zero-order valence-corrected chi connectivity index (χ0v) is 9.48. The maximum Gasteiger partial charge on any atom is 0.223 e. The fourth-order valence-electron chi connectivity index (χ4n) is 1.72. The number of nitrogen functional groups attached to an aromatic ring is 1. The van der Waals surface area contributed by atoms with E-state index in [1.165, 1.54) is 0 Å². The van der Waals surface area contributed by atoms with E-state index < -0.39 is 0 Å². The van der Waals surface area contributed by atoms with E-state index in [1.54, 1.807) is 18.4 Å². The number of hydrogen-bond donors (Lipinski definition) is 1. The van der Waals surface area contributed by atoms with Crippen LogP contribution in [0.25, 0.3) is 22.4 Å². The molecule has 0 fully saturated rings. The molecule has 0 aliphatic heterocycles. The molecule has 84 valence electrons. The van der Waals surface area contributed by atoms with Gasteiger partial charge in [0.2, 0.25) is 5.28 Å². The Kier molecular flexibility index (Phi) is 2.23. The lowest BCUT2D eigenvalue weighted by Crippen LogP contribution is -1.92. The summed E-state index contributed by atoms with van der Waals surface area (Å²) in [5, 5.41) is 1.01. The molecule has 0 spiro atoms. The molecule has 0 saturated carbocycles. The third kappa shape index (κ3) is 1.72.